The van der Waals surface area contributed by atoms with Crippen LogP contribution in [0.1, 0.15) is 46.7 Å². The lowest BCUT2D eigenvalue weighted by Gasteiger charge is -2.14. The summed E-state index contributed by atoms with van der Waals surface area (Å²) in [5.41, 5.74) is 2.50. The van der Waals surface area contributed by atoms with Crippen LogP contribution >= 0.6 is 0 Å². The summed E-state index contributed by atoms with van der Waals surface area (Å²) in [6.07, 6.45) is 3.21. The third-order valence-corrected chi connectivity index (χ3v) is 4.54. The Balaban J connectivity index is 1.55. The van der Waals surface area contributed by atoms with Gasteiger partial charge in [0.2, 0.25) is 0 Å². The van der Waals surface area contributed by atoms with Crippen LogP contribution in [0.15, 0.2) is 48.5 Å². The zero-order chi connectivity index (χ0) is 16.2. The third kappa shape index (κ3) is 3.96. The lowest BCUT2D eigenvalue weighted by Crippen LogP contribution is -2.25. The number of nitrogens with one attached hydrogen (secondary N) is 1. The molecule has 2 N–H and O–H groups in total. The Labute approximate surface area is 135 Å². The predicted molar refractivity (Wildman–Crippen MR) is 87.0 cm³/mol. The Morgan fingerprint density at radius 1 is 1.17 bits per heavy atom. The molecular weight excluding hydrogens is 293 g/mol. The number of hydrogen-bond donors (Lipinski definition) is 2. The number of halogens is 1. The van der Waals surface area contributed by atoms with E-state index in [4.69, 9.17) is 5.11 Å². The van der Waals surface area contributed by atoms with Crippen molar-refractivity contribution in [2.75, 3.05) is 0 Å². The van der Waals surface area contributed by atoms with E-state index in [0.717, 1.165) is 24.8 Å². The van der Waals surface area contributed by atoms with Crippen LogP contribution in [-0.4, -0.2) is 17.1 Å². The van der Waals surface area contributed by atoms with E-state index < -0.39 is 5.97 Å². The van der Waals surface area contributed by atoms with Crippen molar-refractivity contribution in [1.29, 1.82) is 0 Å². The second-order valence-corrected chi connectivity index (χ2v) is 6.14. The van der Waals surface area contributed by atoms with Crippen LogP contribution in [-0.2, 0) is 6.54 Å². The molecule has 0 saturated heterocycles. The maximum Gasteiger partial charge on any atom is 0.335 e. The van der Waals surface area contributed by atoms with E-state index in [1.54, 1.807) is 18.2 Å². The van der Waals surface area contributed by atoms with Gasteiger partial charge in [-0.1, -0.05) is 24.3 Å². The van der Waals surface area contributed by atoms with Gasteiger partial charge in [-0.15, -0.1) is 0 Å². The first-order valence-corrected chi connectivity index (χ1v) is 7.93. The van der Waals surface area contributed by atoms with Gasteiger partial charge in [0.1, 0.15) is 5.82 Å². The number of aromatic carboxylic acids is 1. The molecule has 23 heavy (non-hydrogen) atoms. The molecule has 0 bridgehead atoms. The monoisotopic (exact) mass is 313 g/mol. The predicted octanol–water partition coefficient (Wildman–Crippen LogP) is 3.95. The molecule has 3 nitrogen and oxygen atoms in total. The van der Waals surface area contributed by atoms with Gasteiger partial charge >= 0.3 is 5.97 Å². The molecule has 2 aromatic rings. The third-order valence-electron chi connectivity index (χ3n) is 4.54. The lowest BCUT2D eigenvalue weighted by atomic mass is 9.97. The summed E-state index contributed by atoms with van der Waals surface area (Å²) < 4.78 is 13.0. The topological polar surface area (TPSA) is 49.3 Å². The second kappa shape index (κ2) is 6.92. The largest absolute Gasteiger partial charge is 0.478 e. The Bertz CT molecular complexity index is 684. The highest BCUT2D eigenvalue weighted by Crippen LogP contribution is 2.34. The number of benzene rings is 2. The highest BCUT2D eigenvalue weighted by molar-refractivity contribution is 5.87. The van der Waals surface area contributed by atoms with Gasteiger partial charge in [0.15, 0.2) is 0 Å². The number of carbonyl (C=O) groups is 1. The highest BCUT2D eigenvalue weighted by Gasteiger charge is 2.25. The van der Waals surface area contributed by atoms with Gasteiger partial charge in [-0.05, 0) is 60.6 Å². The van der Waals surface area contributed by atoms with E-state index in [-0.39, 0.29) is 5.82 Å². The van der Waals surface area contributed by atoms with Crippen molar-refractivity contribution in [3.05, 3.63) is 71.0 Å². The number of carboxylic acids is 1. The van der Waals surface area contributed by atoms with Gasteiger partial charge in [-0.25, -0.2) is 9.18 Å². The summed E-state index contributed by atoms with van der Waals surface area (Å²) >= 11 is 0. The highest BCUT2D eigenvalue weighted by atomic mass is 19.1. The van der Waals surface area contributed by atoms with E-state index in [0.29, 0.717) is 24.1 Å². The van der Waals surface area contributed by atoms with Crippen LogP contribution in [0.2, 0.25) is 0 Å². The van der Waals surface area contributed by atoms with E-state index in [1.165, 1.54) is 17.7 Å². The molecule has 0 heterocycles. The molecule has 0 aliphatic heterocycles. The van der Waals surface area contributed by atoms with Crippen molar-refractivity contribution in [3.8, 4) is 0 Å². The number of rotatable bonds is 5. The van der Waals surface area contributed by atoms with Gasteiger partial charge in [0, 0.05) is 12.6 Å². The molecule has 0 aromatic heterocycles. The smallest absolute Gasteiger partial charge is 0.335 e. The SMILES string of the molecule is O=C(O)c1cccc(CNC2CCC(c3ccc(F)cc3)C2)c1. The van der Waals surface area contributed by atoms with E-state index in [9.17, 15) is 9.18 Å². The van der Waals surface area contributed by atoms with Crippen molar-refractivity contribution < 1.29 is 14.3 Å². The summed E-state index contributed by atoms with van der Waals surface area (Å²) in [5.74, 6) is -0.623. The molecule has 0 spiro atoms. The maximum absolute atomic E-state index is 13.0. The standard InChI is InChI=1S/C19H20FNO2/c20-17-7-4-14(5-8-17)15-6-9-18(11-15)21-12-13-2-1-3-16(10-13)19(22)23/h1-5,7-8,10,15,18,21H,6,9,11-12H2,(H,22,23). The molecule has 4 heteroatoms. The molecule has 0 amide bonds. The van der Waals surface area contributed by atoms with Crippen molar-refractivity contribution >= 4 is 5.97 Å². The minimum Gasteiger partial charge on any atom is -0.478 e. The number of carboxylic acid groups (broad SMARTS) is 1. The first-order valence-electron chi connectivity index (χ1n) is 7.93. The van der Waals surface area contributed by atoms with Crippen LogP contribution in [0.3, 0.4) is 0 Å². The fourth-order valence-corrected chi connectivity index (χ4v) is 3.28. The molecule has 0 radical (unpaired) electrons. The Morgan fingerprint density at radius 2 is 1.96 bits per heavy atom. The van der Waals surface area contributed by atoms with Crippen molar-refractivity contribution in [2.45, 2.75) is 37.8 Å². The second-order valence-electron chi connectivity index (χ2n) is 6.14. The molecule has 1 fully saturated rings. The number of hydrogen-bond acceptors (Lipinski definition) is 2. The molecule has 2 unspecified atom stereocenters. The van der Waals surface area contributed by atoms with Crippen molar-refractivity contribution in [2.24, 2.45) is 0 Å². The molecular formula is C19H20FNO2. The van der Waals surface area contributed by atoms with Gasteiger partial charge < -0.3 is 10.4 Å². The van der Waals surface area contributed by atoms with E-state index in [2.05, 4.69) is 5.32 Å². The van der Waals surface area contributed by atoms with Gasteiger partial charge in [-0.3, -0.25) is 0 Å². The zero-order valence-electron chi connectivity index (χ0n) is 12.8. The quantitative estimate of drug-likeness (QED) is 0.879. The summed E-state index contributed by atoms with van der Waals surface area (Å²) in [4.78, 5) is 11.0. The molecule has 2 atom stereocenters. The normalized spacial score (nSPS) is 20.6. The molecule has 1 saturated carbocycles. The molecule has 3 rings (SSSR count). The van der Waals surface area contributed by atoms with Crippen LogP contribution in [0.5, 0.6) is 0 Å². The first kappa shape index (κ1) is 15.7. The van der Waals surface area contributed by atoms with E-state index in [1.807, 2.05) is 18.2 Å². The van der Waals surface area contributed by atoms with Gasteiger partial charge in [0.05, 0.1) is 5.56 Å². The fraction of sp³-hybridized carbons (Fsp3) is 0.316. The van der Waals surface area contributed by atoms with Gasteiger partial charge in [-0.2, -0.15) is 0 Å². The zero-order valence-corrected chi connectivity index (χ0v) is 12.8. The minimum atomic E-state index is -0.899. The summed E-state index contributed by atoms with van der Waals surface area (Å²) in [6.45, 7) is 0.669. The minimum absolute atomic E-state index is 0.195. The maximum atomic E-state index is 13.0. The van der Waals surface area contributed by atoms with Crippen LogP contribution in [0.4, 0.5) is 4.39 Å². The Morgan fingerprint density at radius 3 is 2.70 bits per heavy atom. The fourth-order valence-electron chi connectivity index (χ4n) is 3.28. The van der Waals surface area contributed by atoms with Crippen LogP contribution in [0, 0.1) is 5.82 Å². The van der Waals surface area contributed by atoms with Gasteiger partial charge in [0.25, 0.3) is 0 Å². The average Bonchev–Trinajstić information content (AvgIpc) is 3.03. The van der Waals surface area contributed by atoms with Crippen LogP contribution < -0.4 is 5.32 Å². The summed E-state index contributed by atoms with van der Waals surface area (Å²) in [7, 11) is 0. The van der Waals surface area contributed by atoms with Crippen molar-refractivity contribution in [3.63, 3.8) is 0 Å². The first-order chi connectivity index (χ1) is 11.1. The Hall–Kier alpha value is -2.20. The van der Waals surface area contributed by atoms with Crippen LogP contribution in [0.25, 0.3) is 0 Å². The molecule has 120 valence electrons. The van der Waals surface area contributed by atoms with Crippen molar-refractivity contribution in [1.82, 2.24) is 5.32 Å². The summed E-state index contributed by atoms with van der Waals surface area (Å²) in [6, 6.07) is 14.2. The molecule has 1 aliphatic rings. The molecule has 2 aromatic carbocycles. The summed E-state index contributed by atoms with van der Waals surface area (Å²) in [5, 5.41) is 12.5. The molecule has 1 aliphatic carbocycles. The Kier molecular flexibility index (Phi) is 4.72. The van der Waals surface area contributed by atoms with E-state index >= 15 is 0 Å². The average molecular weight is 313 g/mol. The lowest BCUT2D eigenvalue weighted by molar-refractivity contribution is 0.0696.